The van der Waals surface area contributed by atoms with Crippen LogP contribution in [0, 0.1) is 12.8 Å². The lowest BCUT2D eigenvalue weighted by Gasteiger charge is -2.39. The first-order valence-electron chi connectivity index (χ1n) is 9.67. The molecule has 4 rings (SSSR count). The second kappa shape index (κ2) is 6.88. The van der Waals surface area contributed by atoms with Gasteiger partial charge in [-0.1, -0.05) is 60.2 Å². The Morgan fingerprint density at radius 1 is 1.12 bits per heavy atom. The molecule has 2 aliphatic rings. The highest BCUT2D eigenvalue weighted by Gasteiger charge is 2.52. The van der Waals surface area contributed by atoms with Gasteiger partial charge in [0, 0.05) is 6.04 Å². The van der Waals surface area contributed by atoms with Crippen molar-refractivity contribution in [1.82, 2.24) is 5.32 Å². The summed E-state index contributed by atoms with van der Waals surface area (Å²) in [5, 5.41) is 13.1. The van der Waals surface area contributed by atoms with E-state index < -0.39 is 0 Å². The zero-order valence-electron chi connectivity index (χ0n) is 15.3. The van der Waals surface area contributed by atoms with Crippen molar-refractivity contribution in [1.29, 1.82) is 0 Å². The molecule has 2 N–H and O–H groups in total. The van der Waals surface area contributed by atoms with Crippen molar-refractivity contribution in [3.8, 4) is 0 Å². The number of aryl methyl sites for hydroxylation is 1. The summed E-state index contributed by atoms with van der Waals surface area (Å²) in [4.78, 5) is 13.2. The third-order valence-electron chi connectivity index (χ3n) is 6.12. The van der Waals surface area contributed by atoms with E-state index in [2.05, 4.69) is 48.6 Å². The van der Waals surface area contributed by atoms with Crippen LogP contribution >= 0.6 is 0 Å². The maximum atomic E-state index is 13.2. The van der Waals surface area contributed by atoms with Crippen LogP contribution in [0.15, 0.2) is 54.6 Å². The Kier molecular flexibility index (Phi) is 4.58. The Morgan fingerprint density at radius 2 is 1.77 bits per heavy atom. The number of carbonyl (C=O) groups is 1. The highest BCUT2D eigenvalue weighted by atomic mass is 16.3. The number of benzene rings is 2. The van der Waals surface area contributed by atoms with Crippen LogP contribution in [0.3, 0.4) is 0 Å². The second-order valence-electron chi connectivity index (χ2n) is 8.10. The maximum absolute atomic E-state index is 13.2. The lowest BCUT2D eigenvalue weighted by molar-refractivity contribution is -0.125. The molecule has 0 aromatic heterocycles. The molecule has 3 heteroatoms. The highest BCUT2D eigenvalue weighted by Crippen LogP contribution is 2.48. The topological polar surface area (TPSA) is 49.3 Å². The number of hydrogen-bond donors (Lipinski definition) is 2. The fourth-order valence-electron chi connectivity index (χ4n) is 4.11. The Bertz CT molecular complexity index is 759. The van der Waals surface area contributed by atoms with Gasteiger partial charge in [-0.25, -0.2) is 0 Å². The van der Waals surface area contributed by atoms with Crippen molar-refractivity contribution < 1.29 is 9.90 Å². The molecule has 2 aromatic carbocycles. The van der Waals surface area contributed by atoms with E-state index in [1.165, 1.54) is 11.1 Å². The van der Waals surface area contributed by atoms with Crippen molar-refractivity contribution >= 4 is 5.91 Å². The third-order valence-corrected chi connectivity index (χ3v) is 6.12. The van der Waals surface area contributed by atoms with Gasteiger partial charge in [-0.15, -0.1) is 0 Å². The fraction of sp³-hybridized carbons (Fsp3) is 0.435. The number of aliphatic hydroxyl groups excluding tert-OH is 1. The summed E-state index contributed by atoms with van der Waals surface area (Å²) in [6, 6.07) is 18.8. The summed E-state index contributed by atoms with van der Waals surface area (Å²) < 4.78 is 0. The summed E-state index contributed by atoms with van der Waals surface area (Å²) in [6.07, 6.45) is 4.04. The van der Waals surface area contributed by atoms with Gasteiger partial charge in [-0.05, 0) is 56.1 Å². The van der Waals surface area contributed by atoms with Gasteiger partial charge in [0.1, 0.15) is 0 Å². The first-order valence-corrected chi connectivity index (χ1v) is 9.67. The Balaban J connectivity index is 1.49. The van der Waals surface area contributed by atoms with E-state index in [-0.39, 0.29) is 23.5 Å². The lowest BCUT2D eigenvalue weighted by Crippen LogP contribution is -2.50. The smallest absolute Gasteiger partial charge is 0.230 e. The number of amides is 1. The number of aliphatic hydroxyl groups is 1. The predicted molar refractivity (Wildman–Crippen MR) is 103 cm³/mol. The minimum absolute atomic E-state index is 0.0937. The van der Waals surface area contributed by atoms with Gasteiger partial charge in [0.2, 0.25) is 5.91 Å². The van der Waals surface area contributed by atoms with Crippen molar-refractivity contribution in [2.45, 2.75) is 56.6 Å². The molecule has 0 spiro atoms. The van der Waals surface area contributed by atoms with E-state index in [0.717, 1.165) is 37.7 Å². The van der Waals surface area contributed by atoms with Gasteiger partial charge in [0.25, 0.3) is 0 Å². The van der Waals surface area contributed by atoms with Crippen LogP contribution in [0.5, 0.6) is 0 Å². The van der Waals surface area contributed by atoms with Gasteiger partial charge in [-0.3, -0.25) is 4.79 Å². The normalized spacial score (nSPS) is 24.4. The maximum Gasteiger partial charge on any atom is 0.230 e. The number of hydrogen-bond acceptors (Lipinski definition) is 2. The van der Waals surface area contributed by atoms with Crippen LogP contribution in [0.2, 0.25) is 0 Å². The molecule has 1 atom stereocenters. The standard InChI is InChI=1S/C23H27NO2/c1-16-7-9-19(10-8-16)23(11-12-23)22(26)24-21(18-14-20(25)15-18)13-17-5-3-2-4-6-17/h2-10,18,20-21,25H,11-15H2,1H3,(H,24,26)/t18?,20?,21-/m1/s1. The van der Waals surface area contributed by atoms with Crippen LogP contribution in [0.1, 0.15) is 42.4 Å². The number of rotatable bonds is 6. The molecule has 2 fully saturated rings. The molecule has 2 aromatic rings. The van der Waals surface area contributed by atoms with E-state index >= 15 is 0 Å². The summed E-state index contributed by atoms with van der Waals surface area (Å²) in [5.74, 6) is 0.520. The number of carbonyl (C=O) groups excluding carboxylic acids is 1. The fourth-order valence-corrected chi connectivity index (χ4v) is 4.11. The van der Waals surface area contributed by atoms with E-state index in [0.29, 0.717) is 5.92 Å². The van der Waals surface area contributed by atoms with Gasteiger partial charge >= 0.3 is 0 Å². The van der Waals surface area contributed by atoms with Gasteiger partial charge < -0.3 is 10.4 Å². The molecule has 0 radical (unpaired) electrons. The summed E-state index contributed by atoms with van der Waals surface area (Å²) >= 11 is 0. The quantitative estimate of drug-likeness (QED) is 0.838. The van der Waals surface area contributed by atoms with Crippen LogP contribution < -0.4 is 5.32 Å². The third kappa shape index (κ3) is 3.41. The minimum Gasteiger partial charge on any atom is -0.393 e. The van der Waals surface area contributed by atoms with Crippen molar-refractivity contribution in [2.75, 3.05) is 0 Å². The van der Waals surface area contributed by atoms with Crippen LogP contribution in [-0.2, 0) is 16.6 Å². The van der Waals surface area contributed by atoms with Gasteiger partial charge in [0.15, 0.2) is 0 Å². The van der Waals surface area contributed by atoms with Crippen molar-refractivity contribution in [2.24, 2.45) is 5.92 Å². The molecule has 136 valence electrons. The second-order valence-corrected chi connectivity index (χ2v) is 8.10. The average molecular weight is 349 g/mol. The molecule has 26 heavy (non-hydrogen) atoms. The molecule has 1 amide bonds. The molecular formula is C23H27NO2. The Morgan fingerprint density at radius 3 is 2.35 bits per heavy atom. The van der Waals surface area contributed by atoms with E-state index in [1.807, 2.05) is 18.2 Å². The molecule has 0 bridgehead atoms. The van der Waals surface area contributed by atoms with Gasteiger partial charge in [-0.2, -0.15) is 0 Å². The van der Waals surface area contributed by atoms with E-state index in [9.17, 15) is 9.90 Å². The first-order chi connectivity index (χ1) is 12.6. The zero-order valence-corrected chi connectivity index (χ0v) is 15.3. The van der Waals surface area contributed by atoms with Gasteiger partial charge in [0.05, 0.1) is 11.5 Å². The van der Waals surface area contributed by atoms with Crippen molar-refractivity contribution in [3.63, 3.8) is 0 Å². The zero-order chi connectivity index (χ0) is 18.1. The Labute approximate surface area is 155 Å². The number of nitrogens with one attached hydrogen (secondary N) is 1. The van der Waals surface area contributed by atoms with Crippen LogP contribution in [0.25, 0.3) is 0 Å². The molecule has 2 saturated carbocycles. The highest BCUT2D eigenvalue weighted by molar-refractivity contribution is 5.91. The van der Waals surface area contributed by atoms with Crippen molar-refractivity contribution in [3.05, 3.63) is 71.3 Å². The Hall–Kier alpha value is -2.13. The molecule has 0 saturated heterocycles. The van der Waals surface area contributed by atoms with Crippen LogP contribution in [0.4, 0.5) is 0 Å². The lowest BCUT2D eigenvalue weighted by atomic mass is 9.75. The molecular weight excluding hydrogens is 322 g/mol. The average Bonchev–Trinajstić information content (AvgIpc) is 3.42. The van der Waals surface area contributed by atoms with E-state index in [1.54, 1.807) is 0 Å². The molecule has 0 aliphatic heterocycles. The predicted octanol–water partition coefficient (Wildman–Crippen LogP) is 3.53. The molecule has 0 heterocycles. The summed E-state index contributed by atoms with van der Waals surface area (Å²) in [6.45, 7) is 2.07. The SMILES string of the molecule is Cc1ccc(C2(C(=O)N[C@H](Cc3ccccc3)C3CC(O)C3)CC2)cc1. The monoisotopic (exact) mass is 349 g/mol. The molecule has 2 aliphatic carbocycles. The molecule has 0 unspecified atom stereocenters. The summed E-state index contributed by atoms with van der Waals surface area (Å²) in [7, 11) is 0. The summed E-state index contributed by atoms with van der Waals surface area (Å²) in [5.41, 5.74) is 3.24. The first kappa shape index (κ1) is 17.3. The minimum atomic E-state index is -0.342. The van der Waals surface area contributed by atoms with E-state index in [4.69, 9.17) is 0 Å². The van der Waals surface area contributed by atoms with Crippen LogP contribution in [-0.4, -0.2) is 23.2 Å². The largest absolute Gasteiger partial charge is 0.393 e. The molecule has 3 nitrogen and oxygen atoms in total.